The zero-order valence-corrected chi connectivity index (χ0v) is 10.8. The molecular weight excluding hydrogens is 230 g/mol. The number of nitrogens with zero attached hydrogens (tertiary/aromatic N) is 4. The summed E-state index contributed by atoms with van der Waals surface area (Å²) in [5.74, 6) is 1.32. The van der Waals surface area contributed by atoms with Gasteiger partial charge in [-0.15, -0.1) is 0 Å². The molecule has 0 aliphatic carbocycles. The highest BCUT2D eigenvalue weighted by atomic mass is 16.1. The fourth-order valence-electron chi connectivity index (χ4n) is 2.24. The normalized spacial score (nSPS) is 19.7. The Labute approximate surface area is 107 Å². The van der Waals surface area contributed by atoms with E-state index in [9.17, 15) is 4.79 Å². The number of aromatic nitrogens is 2. The lowest BCUT2D eigenvalue weighted by Gasteiger charge is -2.34. The molecule has 2 heterocycles. The Morgan fingerprint density at radius 3 is 2.89 bits per heavy atom. The van der Waals surface area contributed by atoms with Crippen LogP contribution in [0.4, 0.5) is 11.6 Å². The molecule has 1 aliphatic rings. The Balaban J connectivity index is 2.28. The molecule has 1 aliphatic heterocycles. The van der Waals surface area contributed by atoms with Crippen molar-refractivity contribution in [1.82, 2.24) is 9.97 Å². The van der Waals surface area contributed by atoms with Gasteiger partial charge in [-0.05, 0) is 19.3 Å². The molecule has 0 aromatic carbocycles. The predicted octanol–water partition coefficient (Wildman–Crippen LogP) is 0.387. The van der Waals surface area contributed by atoms with Crippen molar-refractivity contribution < 1.29 is 4.79 Å². The Morgan fingerprint density at radius 2 is 2.22 bits per heavy atom. The smallest absolute Gasteiger partial charge is 0.240 e. The zero-order chi connectivity index (χ0) is 13.1. The van der Waals surface area contributed by atoms with E-state index in [4.69, 9.17) is 5.73 Å². The van der Waals surface area contributed by atoms with Crippen LogP contribution >= 0.6 is 0 Å². The molecule has 2 rings (SSSR count). The van der Waals surface area contributed by atoms with Crippen LogP contribution in [0.15, 0.2) is 12.4 Å². The van der Waals surface area contributed by atoms with Crippen molar-refractivity contribution in [3.63, 3.8) is 0 Å². The molecule has 0 saturated carbocycles. The van der Waals surface area contributed by atoms with Crippen LogP contribution in [-0.4, -0.2) is 42.6 Å². The van der Waals surface area contributed by atoms with Gasteiger partial charge in [-0.3, -0.25) is 4.79 Å². The molecule has 1 fully saturated rings. The van der Waals surface area contributed by atoms with E-state index >= 15 is 0 Å². The van der Waals surface area contributed by atoms with Crippen LogP contribution in [0.5, 0.6) is 0 Å². The summed E-state index contributed by atoms with van der Waals surface area (Å²) in [7, 11) is 3.85. The van der Waals surface area contributed by atoms with Crippen molar-refractivity contribution in [2.24, 2.45) is 5.73 Å². The van der Waals surface area contributed by atoms with E-state index in [1.807, 2.05) is 30.0 Å². The summed E-state index contributed by atoms with van der Waals surface area (Å²) in [6, 6.07) is 1.64. The summed E-state index contributed by atoms with van der Waals surface area (Å²) in [6.07, 6.45) is 4.43. The van der Waals surface area contributed by atoms with Gasteiger partial charge in [-0.2, -0.15) is 0 Å². The van der Waals surface area contributed by atoms with E-state index in [2.05, 4.69) is 9.97 Å². The van der Waals surface area contributed by atoms with Crippen molar-refractivity contribution in [3.8, 4) is 0 Å². The van der Waals surface area contributed by atoms with E-state index in [0.29, 0.717) is 0 Å². The molecule has 18 heavy (non-hydrogen) atoms. The molecule has 1 unspecified atom stereocenters. The highest BCUT2D eigenvalue weighted by Crippen LogP contribution is 2.24. The third-order valence-electron chi connectivity index (χ3n) is 3.22. The van der Waals surface area contributed by atoms with Gasteiger partial charge in [0.05, 0.1) is 0 Å². The van der Waals surface area contributed by atoms with Gasteiger partial charge in [-0.1, -0.05) is 0 Å². The lowest BCUT2D eigenvalue weighted by molar-refractivity contribution is -0.119. The maximum Gasteiger partial charge on any atom is 0.240 e. The first kappa shape index (κ1) is 12.6. The molecule has 6 heteroatoms. The second kappa shape index (κ2) is 5.20. The van der Waals surface area contributed by atoms with Gasteiger partial charge in [0.15, 0.2) is 0 Å². The molecule has 1 aromatic rings. The van der Waals surface area contributed by atoms with Gasteiger partial charge in [0.25, 0.3) is 0 Å². The summed E-state index contributed by atoms with van der Waals surface area (Å²) in [5.41, 5.74) is 5.46. The number of hydrogen-bond donors (Lipinski definition) is 1. The van der Waals surface area contributed by atoms with Crippen molar-refractivity contribution >= 4 is 17.5 Å². The van der Waals surface area contributed by atoms with Gasteiger partial charge in [-0.25, -0.2) is 9.97 Å². The SMILES string of the molecule is CN(C)c1cc(N2CCCCC2C(N)=O)ncn1. The molecule has 2 N–H and O–H groups in total. The molecule has 6 nitrogen and oxygen atoms in total. The molecule has 1 aromatic heterocycles. The average molecular weight is 249 g/mol. The molecule has 0 radical (unpaired) electrons. The summed E-state index contributed by atoms with van der Waals surface area (Å²) in [4.78, 5) is 23.8. The Kier molecular flexibility index (Phi) is 3.64. The largest absolute Gasteiger partial charge is 0.368 e. The van der Waals surface area contributed by atoms with Crippen molar-refractivity contribution in [1.29, 1.82) is 0 Å². The number of amides is 1. The Morgan fingerprint density at radius 1 is 1.44 bits per heavy atom. The number of hydrogen-bond acceptors (Lipinski definition) is 5. The molecule has 98 valence electrons. The van der Waals surface area contributed by atoms with E-state index in [0.717, 1.165) is 37.4 Å². The van der Waals surface area contributed by atoms with Gasteiger partial charge in [0, 0.05) is 26.7 Å². The summed E-state index contributed by atoms with van der Waals surface area (Å²) in [5, 5.41) is 0. The summed E-state index contributed by atoms with van der Waals surface area (Å²) >= 11 is 0. The molecular formula is C12H19N5O. The molecule has 1 atom stereocenters. The lowest BCUT2D eigenvalue weighted by Crippen LogP contribution is -2.48. The van der Waals surface area contributed by atoms with Crippen LogP contribution in [0.2, 0.25) is 0 Å². The van der Waals surface area contributed by atoms with Gasteiger partial charge < -0.3 is 15.5 Å². The first-order chi connectivity index (χ1) is 8.59. The second-order valence-corrected chi connectivity index (χ2v) is 4.74. The van der Waals surface area contributed by atoms with E-state index < -0.39 is 0 Å². The number of carbonyl (C=O) groups excluding carboxylic acids is 1. The number of carbonyl (C=O) groups is 1. The Hall–Kier alpha value is -1.85. The van der Waals surface area contributed by atoms with Crippen LogP contribution in [0.3, 0.4) is 0 Å². The second-order valence-electron chi connectivity index (χ2n) is 4.74. The lowest BCUT2D eigenvalue weighted by atomic mass is 10.0. The number of rotatable bonds is 3. The van der Waals surface area contributed by atoms with Crippen LogP contribution in [0, 0.1) is 0 Å². The molecule has 1 amide bonds. The van der Waals surface area contributed by atoms with Gasteiger partial charge >= 0.3 is 0 Å². The minimum Gasteiger partial charge on any atom is -0.368 e. The van der Waals surface area contributed by atoms with Crippen LogP contribution in [0.1, 0.15) is 19.3 Å². The minimum absolute atomic E-state index is 0.247. The maximum absolute atomic E-state index is 11.5. The van der Waals surface area contributed by atoms with E-state index in [1.54, 1.807) is 0 Å². The average Bonchev–Trinajstić information content (AvgIpc) is 2.39. The third-order valence-corrected chi connectivity index (χ3v) is 3.22. The monoisotopic (exact) mass is 249 g/mol. The summed E-state index contributed by atoms with van der Waals surface area (Å²) in [6.45, 7) is 0.817. The number of nitrogens with two attached hydrogens (primary N) is 1. The molecule has 0 bridgehead atoms. The first-order valence-corrected chi connectivity index (χ1v) is 6.15. The third kappa shape index (κ3) is 2.52. The fraction of sp³-hybridized carbons (Fsp3) is 0.583. The fourth-order valence-corrected chi connectivity index (χ4v) is 2.24. The number of anilines is 2. The maximum atomic E-state index is 11.5. The van der Waals surface area contributed by atoms with Gasteiger partial charge in [0.1, 0.15) is 24.0 Å². The van der Waals surface area contributed by atoms with Crippen LogP contribution in [-0.2, 0) is 4.79 Å². The molecule has 0 spiro atoms. The summed E-state index contributed by atoms with van der Waals surface area (Å²) < 4.78 is 0. The van der Waals surface area contributed by atoms with Crippen LogP contribution in [0.25, 0.3) is 0 Å². The van der Waals surface area contributed by atoms with Crippen LogP contribution < -0.4 is 15.5 Å². The van der Waals surface area contributed by atoms with Crippen molar-refractivity contribution in [2.75, 3.05) is 30.4 Å². The van der Waals surface area contributed by atoms with Crippen molar-refractivity contribution in [2.45, 2.75) is 25.3 Å². The number of primary amides is 1. The highest BCUT2D eigenvalue weighted by molar-refractivity contribution is 5.83. The topological polar surface area (TPSA) is 75.3 Å². The van der Waals surface area contributed by atoms with Gasteiger partial charge in [0.2, 0.25) is 5.91 Å². The quantitative estimate of drug-likeness (QED) is 0.838. The standard InChI is InChI=1S/C12H19N5O/c1-16(2)10-7-11(15-8-14-10)17-6-4-3-5-9(17)12(13)18/h7-9H,3-6H2,1-2H3,(H2,13,18). The van der Waals surface area contributed by atoms with E-state index in [1.165, 1.54) is 6.33 Å². The first-order valence-electron chi connectivity index (χ1n) is 6.15. The highest BCUT2D eigenvalue weighted by Gasteiger charge is 2.28. The Bertz CT molecular complexity index is 434. The van der Waals surface area contributed by atoms with E-state index in [-0.39, 0.29) is 11.9 Å². The number of piperidine rings is 1. The predicted molar refractivity (Wildman–Crippen MR) is 70.5 cm³/mol. The minimum atomic E-state index is -0.278. The zero-order valence-electron chi connectivity index (χ0n) is 10.8. The van der Waals surface area contributed by atoms with Crippen molar-refractivity contribution in [3.05, 3.63) is 12.4 Å². The molecule has 1 saturated heterocycles.